The van der Waals surface area contributed by atoms with Gasteiger partial charge in [0, 0.05) is 27.3 Å². The van der Waals surface area contributed by atoms with Crippen molar-refractivity contribution in [1.82, 2.24) is 4.57 Å². The van der Waals surface area contributed by atoms with E-state index in [9.17, 15) is 0 Å². The van der Waals surface area contributed by atoms with Crippen LogP contribution in [0.1, 0.15) is 28.7 Å². The number of rotatable bonds is 3. The van der Waals surface area contributed by atoms with Crippen LogP contribution >= 0.6 is 0 Å². The lowest BCUT2D eigenvalue weighted by molar-refractivity contribution is 0.646. The van der Waals surface area contributed by atoms with Crippen molar-refractivity contribution < 1.29 is 0 Å². The number of benzene rings is 5. The normalized spacial score (nSPS) is 22.3. The van der Waals surface area contributed by atoms with E-state index in [1.54, 1.807) is 0 Å². The summed E-state index contributed by atoms with van der Waals surface area (Å²) in [6.45, 7) is 0. The molecule has 2 unspecified atom stereocenters. The lowest BCUT2D eigenvalue weighted by atomic mass is 9.66. The van der Waals surface area contributed by atoms with Crippen LogP contribution in [-0.2, 0) is 5.41 Å². The predicted octanol–water partition coefficient (Wildman–Crippen LogP) is 9.40. The van der Waals surface area contributed by atoms with Crippen molar-refractivity contribution in [3.63, 3.8) is 0 Å². The van der Waals surface area contributed by atoms with Crippen molar-refractivity contribution in [2.45, 2.75) is 11.8 Å². The number of nitrogens with zero attached hydrogens (tertiary/aromatic N) is 1. The monoisotopic (exact) mass is 509 g/mol. The Bertz CT molecular complexity index is 2020. The van der Waals surface area contributed by atoms with Gasteiger partial charge < -0.3 is 4.57 Å². The molecule has 188 valence electrons. The highest BCUT2D eigenvalue weighted by atomic mass is 15.0. The molecule has 0 saturated heterocycles. The molecule has 0 N–H and O–H groups in total. The van der Waals surface area contributed by atoms with Gasteiger partial charge in [0.05, 0.1) is 11.0 Å². The zero-order chi connectivity index (χ0) is 26.3. The summed E-state index contributed by atoms with van der Waals surface area (Å²) in [5.41, 5.74) is 12.0. The van der Waals surface area contributed by atoms with E-state index in [0.29, 0.717) is 0 Å². The Balaban J connectivity index is 1.25. The van der Waals surface area contributed by atoms with Gasteiger partial charge in [-0.2, -0.15) is 0 Å². The maximum atomic E-state index is 2.47. The molecule has 5 aromatic carbocycles. The standard InChI is InChI=1S/C39H27N/c1-2-12-28(13-3-1)39-26-38(39)25-11-10-18-34(38)37(32-16-4-7-17-33(32)39)27-21-23-29(24-22-27)40-35-19-8-5-14-30(35)31-15-6-9-20-36(31)40/h1-25H,26H2. The highest BCUT2D eigenvalue weighted by molar-refractivity contribution is 6.09. The van der Waals surface area contributed by atoms with E-state index in [4.69, 9.17) is 0 Å². The third kappa shape index (κ3) is 2.67. The molecule has 1 aromatic heterocycles. The first-order chi connectivity index (χ1) is 19.8. The first-order valence-electron chi connectivity index (χ1n) is 14.2. The molecule has 0 radical (unpaired) electrons. The summed E-state index contributed by atoms with van der Waals surface area (Å²) in [5, 5.41) is 2.58. The summed E-state index contributed by atoms with van der Waals surface area (Å²) in [7, 11) is 0. The maximum absolute atomic E-state index is 2.47. The molecule has 9 rings (SSSR count). The highest BCUT2D eigenvalue weighted by Gasteiger charge is 2.71. The smallest absolute Gasteiger partial charge is 0.0541 e. The van der Waals surface area contributed by atoms with Crippen LogP contribution in [0.25, 0.3) is 33.1 Å². The largest absolute Gasteiger partial charge is 0.309 e. The summed E-state index contributed by atoms with van der Waals surface area (Å²) in [4.78, 5) is 0. The first-order valence-corrected chi connectivity index (χ1v) is 14.2. The molecule has 6 aromatic rings. The maximum Gasteiger partial charge on any atom is 0.0541 e. The molecule has 0 amide bonds. The molecule has 2 atom stereocenters. The zero-order valence-electron chi connectivity index (χ0n) is 22.1. The van der Waals surface area contributed by atoms with Crippen LogP contribution in [0, 0.1) is 5.41 Å². The molecule has 1 spiro atoms. The molecule has 0 aliphatic heterocycles. The summed E-state index contributed by atoms with van der Waals surface area (Å²) in [6.07, 6.45) is 10.4. The second-order valence-corrected chi connectivity index (χ2v) is 11.4. The van der Waals surface area contributed by atoms with E-state index < -0.39 is 0 Å². The Morgan fingerprint density at radius 3 is 1.98 bits per heavy atom. The van der Waals surface area contributed by atoms with E-state index >= 15 is 0 Å². The lowest BCUT2D eigenvalue weighted by Gasteiger charge is -2.36. The number of aromatic nitrogens is 1. The van der Waals surface area contributed by atoms with E-state index in [0.717, 1.165) is 6.42 Å². The Morgan fingerprint density at radius 1 is 0.575 bits per heavy atom. The average molecular weight is 510 g/mol. The van der Waals surface area contributed by atoms with Crippen molar-refractivity contribution in [3.05, 3.63) is 180 Å². The van der Waals surface area contributed by atoms with Gasteiger partial charge in [-0.15, -0.1) is 0 Å². The molecule has 40 heavy (non-hydrogen) atoms. The fraction of sp³-hybridized carbons (Fsp3) is 0.0769. The number of hydrogen-bond donors (Lipinski definition) is 0. The van der Waals surface area contributed by atoms with Crippen LogP contribution in [0.5, 0.6) is 0 Å². The topological polar surface area (TPSA) is 4.93 Å². The van der Waals surface area contributed by atoms with Crippen molar-refractivity contribution in [3.8, 4) is 5.69 Å². The van der Waals surface area contributed by atoms with Gasteiger partial charge in [-0.25, -0.2) is 0 Å². The van der Waals surface area contributed by atoms with Crippen LogP contribution in [0.4, 0.5) is 0 Å². The van der Waals surface area contributed by atoms with Gasteiger partial charge in [-0.1, -0.05) is 127 Å². The zero-order valence-corrected chi connectivity index (χ0v) is 22.1. The molecule has 3 aliphatic carbocycles. The number of allylic oxidation sites excluding steroid dienone is 5. The Labute approximate surface area is 234 Å². The minimum Gasteiger partial charge on any atom is -0.309 e. The number of para-hydroxylation sites is 2. The fourth-order valence-electron chi connectivity index (χ4n) is 7.90. The van der Waals surface area contributed by atoms with E-state index in [1.165, 1.54) is 60.9 Å². The Hall–Kier alpha value is -4.88. The van der Waals surface area contributed by atoms with Crippen LogP contribution in [-0.4, -0.2) is 4.57 Å². The molecule has 1 heterocycles. The first kappa shape index (κ1) is 22.0. The fourth-order valence-corrected chi connectivity index (χ4v) is 7.90. The molecule has 1 saturated carbocycles. The van der Waals surface area contributed by atoms with Crippen molar-refractivity contribution in [2.75, 3.05) is 0 Å². The summed E-state index contributed by atoms with van der Waals surface area (Å²) >= 11 is 0. The number of hydrogen-bond acceptors (Lipinski definition) is 0. The Morgan fingerprint density at radius 2 is 1.23 bits per heavy atom. The van der Waals surface area contributed by atoms with Crippen LogP contribution in [0.3, 0.4) is 0 Å². The summed E-state index contributed by atoms with van der Waals surface area (Å²) < 4.78 is 2.40. The van der Waals surface area contributed by atoms with E-state index in [-0.39, 0.29) is 10.8 Å². The predicted molar refractivity (Wildman–Crippen MR) is 166 cm³/mol. The second kappa shape index (κ2) is 7.83. The van der Waals surface area contributed by atoms with E-state index in [2.05, 4.69) is 156 Å². The van der Waals surface area contributed by atoms with E-state index in [1.807, 2.05) is 0 Å². The van der Waals surface area contributed by atoms with Crippen molar-refractivity contribution >= 4 is 27.4 Å². The third-order valence-corrected chi connectivity index (χ3v) is 9.60. The molecule has 1 nitrogen and oxygen atoms in total. The Kier molecular flexibility index (Phi) is 4.31. The highest BCUT2D eigenvalue weighted by Crippen LogP contribution is 2.77. The molecule has 3 aliphatic rings. The minimum atomic E-state index is -0.00609. The molecule has 0 bridgehead atoms. The van der Waals surface area contributed by atoms with Crippen molar-refractivity contribution in [2.24, 2.45) is 5.41 Å². The summed E-state index contributed by atoms with van der Waals surface area (Å²) in [6, 6.07) is 46.9. The summed E-state index contributed by atoms with van der Waals surface area (Å²) in [5.74, 6) is 0. The van der Waals surface area contributed by atoms with Crippen LogP contribution in [0.15, 0.2) is 157 Å². The van der Waals surface area contributed by atoms with Crippen molar-refractivity contribution in [1.29, 1.82) is 0 Å². The molecule has 1 fully saturated rings. The SMILES string of the molecule is C1=CC2=C(c3ccc(-n4c5ccccc5c5ccccc54)cc3)c3ccccc3C3(c4ccccc4)CC23C=C1. The average Bonchev–Trinajstić information content (AvgIpc) is 3.60. The van der Waals surface area contributed by atoms with Gasteiger partial charge in [-0.3, -0.25) is 0 Å². The molecular weight excluding hydrogens is 482 g/mol. The van der Waals surface area contributed by atoms with Gasteiger partial charge >= 0.3 is 0 Å². The second-order valence-electron chi connectivity index (χ2n) is 11.4. The minimum absolute atomic E-state index is 0.00169. The number of fused-ring (bicyclic) bond motifs is 5. The van der Waals surface area contributed by atoms with Crippen LogP contribution < -0.4 is 0 Å². The molecular formula is C39H27N. The van der Waals surface area contributed by atoms with Gasteiger partial charge in [0.2, 0.25) is 0 Å². The van der Waals surface area contributed by atoms with Gasteiger partial charge in [0.25, 0.3) is 0 Å². The lowest BCUT2D eigenvalue weighted by Crippen LogP contribution is -2.27. The van der Waals surface area contributed by atoms with Gasteiger partial charge in [0.1, 0.15) is 0 Å². The van der Waals surface area contributed by atoms with Crippen LogP contribution in [0.2, 0.25) is 0 Å². The molecule has 1 heteroatoms. The van der Waals surface area contributed by atoms with Gasteiger partial charge in [-0.05, 0) is 64.1 Å². The third-order valence-electron chi connectivity index (χ3n) is 9.60. The van der Waals surface area contributed by atoms with Gasteiger partial charge in [0.15, 0.2) is 0 Å². The quantitative estimate of drug-likeness (QED) is 0.224.